The summed E-state index contributed by atoms with van der Waals surface area (Å²) in [6.07, 6.45) is 1.47. The lowest BCUT2D eigenvalue weighted by atomic mass is 9.87. The minimum absolute atomic E-state index is 0.0304. The van der Waals surface area contributed by atoms with Gasteiger partial charge in [0.15, 0.2) is 11.0 Å². The molecule has 0 saturated heterocycles. The molecule has 0 fully saturated rings. The van der Waals surface area contributed by atoms with Gasteiger partial charge in [-0.3, -0.25) is 9.36 Å². The minimum atomic E-state index is -0.317. The number of nitrogens with one attached hydrogen (secondary N) is 1. The van der Waals surface area contributed by atoms with Crippen molar-refractivity contribution in [3.05, 3.63) is 71.8 Å². The maximum Gasteiger partial charge on any atom is 0.250 e. The molecule has 1 heterocycles. The van der Waals surface area contributed by atoms with E-state index < -0.39 is 0 Å². The molecule has 0 unspecified atom stereocenters. The van der Waals surface area contributed by atoms with Gasteiger partial charge in [-0.15, -0.1) is 10.2 Å². The van der Waals surface area contributed by atoms with Crippen LogP contribution in [0.25, 0.3) is 17.1 Å². The van der Waals surface area contributed by atoms with Gasteiger partial charge in [0.25, 0.3) is 5.91 Å². The van der Waals surface area contributed by atoms with Crippen LogP contribution in [0.4, 0.5) is 0 Å². The second kappa shape index (κ2) is 13.4. The molecule has 0 bridgehead atoms. The van der Waals surface area contributed by atoms with E-state index in [1.165, 1.54) is 37.8 Å². The molecule has 0 aliphatic carbocycles. The van der Waals surface area contributed by atoms with E-state index in [-0.39, 0.29) is 17.1 Å². The van der Waals surface area contributed by atoms with Crippen molar-refractivity contribution >= 4 is 23.9 Å². The molecule has 0 saturated carbocycles. The van der Waals surface area contributed by atoms with E-state index in [1.54, 1.807) is 26.4 Å². The summed E-state index contributed by atoms with van der Waals surface area (Å²) in [6.45, 7) is 6.53. The van der Waals surface area contributed by atoms with E-state index in [2.05, 4.69) is 53.6 Å². The van der Waals surface area contributed by atoms with Crippen LogP contribution in [0.2, 0.25) is 0 Å². The smallest absolute Gasteiger partial charge is 0.250 e. The first-order valence-electron chi connectivity index (χ1n) is 13.1. The fourth-order valence-electron chi connectivity index (χ4n) is 4.12. The van der Waals surface area contributed by atoms with Crippen molar-refractivity contribution in [2.75, 3.05) is 34.2 Å². The molecule has 1 N–H and O–H groups in total. The Kier molecular flexibility index (Phi) is 9.74. The predicted molar refractivity (Wildman–Crippen MR) is 165 cm³/mol. The number of hydrazone groups is 1. The zero-order valence-corrected chi connectivity index (χ0v) is 25.6. The van der Waals surface area contributed by atoms with Crippen molar-refractivity contribution < 1.29 is 23.7 Å². The molecule has 4 rings (SSSR count). The molecule has 4 aromatic rings. The Morgan fingerprint density at radius 1 is 0.881 bits per heavy atom. The molecule has 0 atom stereocenters. The number of benzene rings is 3. The molecular weight excluding hydrogens is 554 g/mol. The Labute approximate surface area is 250 Å². The average Bonchev–Trinajstić information content (AvgIpc) is 3.43. The number of hydrogen-bond donors (Lipinski definition) is 1. The molecule has 10 nitrogen and oxygen atoms in total. The van der Waals surface area contributed by atoms with Gasteiger partial charge in [-0.25, -0.2) is 5.43 Å². The summed E-state index contributed by atoms with van der Waals surface area (Å²) in [5, 5.41) is 13.6. The van der Waals surface area contributed by atoms with E-state index in [0.717, 1.165) is 17.0 Å². The Hall–Kier alpha value is -4.51. The van der Waals surface area contributed by atoms with Gasteiger partial charge in [-0.05, 0) is 35.2 Å². The summed E-state index contributed by atoms with van der Waals surface area (Å²) in [5.41, 5.74) is 6.13. The van der Waals surface area contributed by atoms with Crippen molar-refractivity contribution in [1.29, 1.82) is 0 Å². The number of thioether (sulfide) groups is 1. The van der Waals surface area contributed by atoms with Crippen LogP contribution in [0.3, 0.4) is 0 Å². The number of amides is 1. The Bertz CT molecular complexity index is 1520. The number of ether oxygens (including phenoxy) is 4. The molecule has 0 radical (unpaired) electrons. The number of rotatable bonds is 11. The van der Waals surface area contributed by atoms with Crippen molar-refractivity contribution in [2.45, 2.75) is 31.3 Å². The highest BCUT2D eigenvalue weighted by atomic mass is 32.2. The summed E-state index contributed by atoms with van der Waals surface area (Å²) in [6, 6.07) is 19.3. The van der Waals surface area contributed by atoms with Crippen LogP contribution in [0.5, 0.6) is 23.0 Å². The van der Waals surface area contributed by atoms with Crippen molar-refractivity contribution in [1.82, 2.24) is 20.2 Å². The largest absolute Gasteiger partial charge is 0.497 e. The fourth-order valence-corrected chi connectivity index (χ4v) is 4.87. The van der Waals surface area contributed by atoms with Crippen LogP contribution in [0, 0.1) is 0 Å². The summed E-state index contributed by atoms with van der Waals surface area (Å²) in [7, 11) is 6.25. The molecule has 220 valence electrons. The second-order valence-electron chi connectivity index (χ2n) is 10.2. The third-order valence-electron chi connectivity index (χ3n) is 6.44. The van der Waals surface area contributed by atoms with Gasteiger partial charge >= 0.3 is 0 Å². The number of carbonyl (C=O) groups is 1. The Morgan fingerprint density at radius 3 is 2.05 bits per heavy atom. The van der Waals surface area contributed by atoms with Gasteiger partial charge in [-0.2, -0.15) is 5.10 Å². The standard InChI is InChI=1S/C31H35N5O5S/c1-31(2,3)21-10-8-20(9-11-21)29-34-35-30(36(29)22-12-14-23(38-4)15-13-22)42-19-28(37)33-32-18-25-26(40-6)16-24(39-5)17-27(25)41-7/h8-18H,19H2,1-7H3,(H,33,37)/b32-18+. The summed E-state index contributed by atoms with van der Waals surface area (Å²) in [5.74, 6) is 2.71. The highest BCUT2D eigenvalue weighted by Gasteiger charge is 2.19. The average molecular weight is 590 g/mol. The highest BCUT2D eigenvalue weighted by Crippen LogP contribution is 2.33. The van der Waals surface area contributed by atoms with Gasteiger partial charge in [0.05, 0.1) is 46.0 Å². The summed E-state index contributed by atoms with van der Waals surface area (Å²) in [4.78, 5) is 12.8. The number of carbonyl (C=O) groups excluding carboxylic acids is 1. The lowest BCUT2D eigenvalue weighted by molar-refractivity contribution is -0.118. The van der Waals surface area contributed by atoms with Gasteiger partial charge in [-0.1, -0.05) is 56.8 Å². The maximum atomic E-state index is 12.8. The van der Waals surface area contributed by atoms with Gasteiger partial charge in [0.2, 0.25) is 0 Å². The van der Waals surface area contributed by atoms with Crippen molar-refractivity contribution in [3.8, 4) is 40.1 Å². The first-order chi connectivity index (χ1) is 20.2. The third-order valence-corrected chi connectivity index (χ3v) is 7.37. The molecule has 1 aromatic heterocycles. The summed E-state index contributed by atoms with van der Waals surface area (Å²) >= 11 is 1.26. The van der Waals surface area contributed by atoms with Gasteiger partial charge in [0, 0.05) is 23.4 Å². The predicted octanol–water partition coefficient (Wildman–Crippen LogP) is 5.51. The van der Waals surface area contributed by atoms with E-state index >= 15 is 0 Å². The monoisotopic (exact) mass is 589 g/mol. The zero-order chi connectivity index (χ0) is 30.3. The van der Waals surface area contributed by atoms with E-state index in [1.807, 2.05) is 41.0 Å². The molecule has 3 aromatic carbocycles. The normalized spacial score (nSPS) is 11.4. The van der Waals surface area contributed by atoms with Crippen LogP contribution in [-0.4, -0.2) is 61.1 Å². The molecule has 0 aliphatic rings. The Balaban J connectivity index is 1.55. The van der Waals surface area contributed by atoms with Crippen molar-refractivity contribution in [2.24, 2.45) is 5.10 Å². The maximum absolute atomic E-state index is 12.8. The lowest BCUT2D eigenvalue weighted by Gasteiger charge is -2.19. The van der Waals surface area contributed by atoms with Crippen LogP contribution in [0.1, 0.15) is 31.9 Å². The van der Waals surface area contributed by atoms with Crippen LogP contribution < -0.4 is 24.4 Å². The first-order valence-corrected chi connectivity index (χ1v) is 14.1. The number of nitrogens with zero attached hydrogens (tertiary/aromatic N) is 4. The topological polar surface area (TPSA) is 109 Å². The number of hydrogen-bond acceptors (Lipinski definition) is 9. The van der Waals surface area contributed by atoms with Crippen LogP contribution in [0.15, 0.2) is 70.9 Å². The van der Waals surface area contributed by atoms with E-state index in [9.17, 15) is 4.79 Å². The second-order valence-corrected chi connectivity index (χ2v) is 11.1. The number of methoxy groups -OCH3 is 4. The molecule has 1 amide bonds. The third kappa shape index (κ3) is 7.03. The molecular formula is C31H35N5O5S. The fraction of sp³-hybridized carbons (Fsp3) is 0.290. The molecule has 0 spiro atoms. The van der Waals surface area contributed by atoms with Crippen molar-refractivity contribution in [3.63, 3.8) is 0 Å². The van der Waals surface area contributed by atoms with Crippen LogP contribution in [-0.2, 0) is 10.2 Å². The molecule has 42 heavy (non-hydrogen) atoms. The highest BCUT2D eigenvalue weighted by molar-refractivity contribution is 7.99. The molecule has 11 heteroatoms. The first kappa shape index (κ1) is 30.4. The van der Waals surface area contributed by atoms with E-state index in [4.69, 9.17) is 18.9 Å². The van der Waals surface area contributed by atoms with Gasteiger partial charge in [0.1, 0.15) is 23.0 Å². The minimum Gasteiger partial charge on any atom is -0.497 e. The quantitative estimate of drug-likeness (QED) is 0.139. The van der Waals surface area contributed by atoms with Crippen LogP contribution >= 0.6 is 11.8 Å². The summed E-state index contributed by atoms with van der Waals surface area (Å²) < 4.78 is 23.4. The molecule has 0 aliphatic heterocycles. The lowest BCUT2D eigenvalue weighted by Crippen LogP contribution is -2.20. The zero-order valence-electron chi connectivity index (χ0n) is 24.8. The van der Waals surface area contributed by atoms with Gasteiger partial charge < -0.3 is 18.9 Å². The SMILES string of the molecule is COc1ccc(-n2c(SCC(=O)N/N=C/c3c(OC)cc(OC)cc3OC)nnc2-c2ccc(C(C)(C)C)cc2)cc1. The Morgan fingerprint density at radius 2 is 1.50 bits per heavy atom. The number of aromatic nitrogens is 3. The van der Waals surface area contributed by atoms with E-state index in [0.29, 0.717) is 33.8 Å².